The standard InChI is InChI=1S/C8H6F3O/c1-5-2-3-7(12)6(4-5)8(9,10)11/h2-4,12H,1H2. The van der Waals surface area contributed by atoms with Gasteiger partial charge in [0.1, 0.15) is 5.75 Å². The fourth-order valence-corrected chi connectivity index (χ4v) is 0.810. The van der Waals surface area contributed by atoms with Crippen molar-refractivity contribution in [3.63, 3.8) is 0 Å². The van der Waals surface area contributed by atoms with Gasteiger partial charge in [0.15, 0.2) is 0 Å². The van der Waals surface area contributed by atoms with Crippen molar-refractivity contribution in [2.45, 2.75) is 6.18 Å². The van der Waals surface area contributed by atoms with Gasteiger partial charge < -0.3 is 5.11 Å². The van der Waals surface area contributed by atoms with Gasteiger partial charge in [-0.3, -0.25) is 0 Å². The monoisotopic (exact) mass is 175 g/mol. The number of phenolic OH excluding ortho intramolecular Hbond substituents is 1. The summed E-state index contributed by atoms with van der Waals surface area (Å²) in [6.07, 6.45) is -4.52. The van der Waals surface area contributed by atoms with Crippen LogP contribution in [0.25, 0.3) is 0 Å². The molecule has 1 aromatic rings. The molecule has 0 aromatic heterocycles. The molecule has 0 saturated heterocycles. The van der Waals surface area contributed by atoms with E-state index in [2.05, 4.69) is 6.92 Å². The van der Waals surface area contributed by atoms with E-state index in [-0.39, 0.29) is 5.56 Å². The van der Waals surface area contributed by atoms with Crippen molar-refractivity contribution >= 4 is 0 Å². The van der Waals surface area contributed by atoms with Crippen LogP contribution in [0.2, 0.25) is 0 Å². The van der Waals surface area contributed by atoms with Crippen LogP contribution in [-0.2, 0) is 6.18 Å². The Morgan fingerprint density at radius 2 is 1.83 bits per heavy atom. The molecule has 12 heavy (non-hydrogen) atoms. The number of alkyl halides is 3. The molecule has 0 aliphatic carbocycles. The van der Waals surface area contributed by atoms with E-state index >= 15 is 0 Å². The molecule has 0 aliphatic heterocycles. The summed E-state index contributed by atoms with van der Waals surface area (Å²) >= 11 is 0. The van der Waals surface area contributed by atoms with Crippen molar-refractivity contribution in [2.75, 3.05) is 0 Å². The molecular weight excluding hydrogens is 169 g/mol. The van der Waals surface area contributed by atoms with Gasteiger partial charge in [-0.15, -0.1) is 0 Å². The third-order valence-electron chi connectivity index (χ3n) is 1.37. The maximum absolute atomic E-state index is 12.0. The summed E-state index contributed by atoms with van der Waals surface area (Å²) < 4.78 is 36.1. The van der Waals surface area contributed by atoms with Gasteiger partial charge in [0, 0.05) is 0 Å². The van der Waals surface area contributed by atoms with Gasteiger partial charge in [-0.1, -0.05) is 6.07 Å². The normalized spacial score (nSPS) is 11.7. The van der Waals surface area contributed by atoms with Crippen LogP contribution in [0, 0.1) is 6.92 Å². The molecule has 0 atom stereocenters. The van der Waals surface area contributed by atoms with Crippen LogP contribution in [0.3, 0.4) is 0 Å². The van der Waals surface area contributed by atoms with E-state index < -0.39 is 17.5 Å². The molecule has 0 amide bonds. The first-order chi connectivity index (χ1) is 5.41. The summed E-state index contributed by atoms with van der Waals surface area (Å²) in [5, 5.41) is 8.82. The summed E-state index contributed by atoms with van der Waals surface area (Å²) in [5.41, 5.74) is -0.824. The Kier molecular flexibility index (Phi) is 2.00. The molecular formula is C8H6F3O. The van der Waals surface area contributed by atoms with E-state index in [9.17, 15) is 13.2 Å². The molecule has 1 radical (unpaired) electrons. The van der Waals surface area contributed by atoms with Gasteiger partial charge >= 0.3 is 6.18 Å². The molecule has 1 rings (SSSR count). The quantitative estimate of drug-likeness (QED) is 0.642. The lowest BCUT2D eigenvalue weighted by Gasteiger charge is -2.08. The van der Waals surface area contributed by atoms with Crippen LogP contribution < -0.4 is 0 Å². The first-order valence-electron chi connectivity index (χ1n) is 3.13. The third kappa shape index (κ3) is 1.69. The van der Waals surface area contributed by atoms with Crippen molar-refractivity contribution in [3.05, 3.63) is 36.2 Å². The molecule has 1 aromatic carbocycles. The maximum atomic E-state index is 12.0. The number of phenols is 1. The second kappa shape index (κ2) is 2.69. The topological polar surface area (TPSA) is 20.2 Å². The molecule has 0 bridgehead atoms. The number of aromatic hydroxyl groups is 1. The van der Waals surface area contributed by atoms with Gasteiger partial charge in [0.25, 0.3) is 0 Å². The van der Waals surface area contributed by atoms with Crippen molar-refractivity contribution in [1.29, 1.82) is 0 Å². The predicted molar refractivity (Wildman–Crippen MR) is 37.6 cm³/mol. The van der Waals surface area contributed by atoms with Gasteiger partial charge in [-0.2, -0.15) is 13.2 Å². The van der Waals surface area contributed by atoms with Crippen molar-refractivity contribution < 1.29 is 18.3 Å². The van der Waals surface area contributed by atoms with Crippen LogP contribution >= 0.6 is 0 Å². The van der Waals surface area contributed by atoms with E-state index in [0.29, 0.717) is 0 Å². The lowest BCUT2D eigenvalue weighted by atomic mass is 10.1. The van der Waals surface area contributed by atoms with Crippen LogP contribution in [0.4, 0.5) is 13.2 Å². The molecule has 1 N–H and O–H groups in total. The van der Waals surface area contributed by atoms with Crippen LogP contribution in [0.5, 0.6) is 5.75 Å². The molecule has 0 spiro atoms. The Labute approximate surface area is 67.5 Å². The zero-order chi connectivity index (χ0) is 9.35. The van der Waals surface area contributed by atoms with Gasteiger partial charge in [-0.25, -0.2) is 0 Å². The van der Waals surface area contributed by atoms with Gasteiger partial charge in [-0.05, 0) is 24.6 Å². The molecule has 1 nitrogen and oxygen atoms in total. The Balaban J connectivity index is 3.23. The second-order valence-corrected chi connectivity index (χ2v) is 2.35. The fourth-order valence-electron chi connectivity index (χ4n) is 0.810. The van der Waals surface area contributed by atoms with Crippen LogP contribution in [-0.4, -0.2) is 5.11 Å². The molecule has 0 fully saturated rings. The van der Waals surface area contributed by atoms with E-state index in [1.807, 2.05) is 0 Å². The highest BCUT2D eigenvalue weighted by atomic mass is 19.4. The Bertz CT molecular complexity index is 291. The summed E-state index contributed by atoms with van der Waals surface area (Å²) in [5.74, 6) is -0.769. The van der Waals surface area contributed by atoms with E-state index in [1.165, 1.54) is 6.07 Å². The fraction of sp³-hybridized carbons (Fsp3) is 0.125. The van der Waals surface area contributed by atoms with Crippen molar-refractivity contribution in [3.8, 4) is 5.75 Å². The number of hydrogen-bond donors (Lipinski definition) is 1. The summed E-state index contributed by atoms with van der Waals surface area (Å²) in [7, 11) is 0. The second-order valence-electron chi connectivity index (χ2n) is 2.35. The SMILES string of the molecule is [CH2]c1ccc(O)c(C(F)(F)F)c1. The number of hydrogen-bond acceptors (Lipinski definition) is 1. The molecule has 0 saturated carbocycles. The Morgan fingerprint density at radius 3 is 2.25 bits per heavy atom. The maximum Gasteiger partial charge on any atom is 0.419 e. The molecule has 65 valence electrons. The van der Waals surface area contributed by atoms with Crippen LogP contribution in [0.15, 0.2) is 18.2 Å². The minimum Gasteiger partial charge on any atom is -0.507 e. The van der Waals surface area contributed by atoms with E-state index in [1.54, 1.807) is 0 Å². The van der Waals surface area contributed by atoms with Crippen LogP contribution in [0.1, 0.15) is 11.1 Å². The zero-order valence-corrected chi connectivity index (χ0v) is 6.02. The molecule has 0 unspecified atom stereocenters. The first kappa shape index (κ1) is 8.90. The summed E-state index contributed by atoms with van der Waals surface area (Å²) in [6, 6.07) is 3.09. The molecule has 0 aliphatic rings. The highest BCUT2D eigenvalue weighted by Crippen LogP contribution is 2.35. The van der Waals surface area contributed by atoms with E-state index in [0.717, 1.165) is 12.1 Å². The minimum atomic E-state index is -4.52. The summed E-state index contributed by atoms with van der Waals surface area (Å²) in [6.45, 7) is 3.32. The van der Waals surface area contributed by atoms with Gasteiger partial charge in [0.2, 0.25) is 0 Å². The zero-order valence-electron chi connectivity index (χ0n) is 6.02. The molecule has 0 heterocycles. The average Bonchev–Trinajstić information content (AvgIpc) is 1.92. The predicted octanol–water partition coefficient (Wildman–Crippen LogP) is 2.59. The van der Waals surface area contributed by atoms with Crippen molar-refractivity contribution in [2.24, 2.45) is 0 Å². The average molecular weight is 175 g/mol. The summed E-state index contributed by atoms with van der Waals surface area (Å²) in [4.78, 5) is 0. The highest BCUT2D eigenvalue weighted by molar-refractivity contribution is 5.38. The first-order valence-corrected chi connectivity index (χ1v) is 3.13. The van der Waals surface area contributed by atoms with E-state index in [4.69, 9.17) is 5.11 Å². The minimum absolute atomic E-state index is 0.222. The number of rotatable bonds is 0. The Morgan fingerprint density at radius 1 is 1.25 bits per heavy atom. The third-order valence-corrected chi connectivity index (χ3v) is 1.37. The van der Waals surface area contributed by atoms with Crippen molar-refractivity contribution in [1.82, 2.24) is 0 Å². The lowest BCUT2D eigenvalue weighted by Crippen LogP contribution is -2.05. The molecule has 4 heteroatoms. The Hall–Kier alpha value is -1.19. The smallest absolute Gasteiger partial charge is 0.419 e. The largest absolute Gasteiger partial charge is 0.507 e. The lowest BCUT2D eigenvalue weighted by molar-refractivity contribution is -0.138. The number of benzene rings is 1. The van der Waals surface area contributed by atoms with Gasteiger partial charge in [0.05, 0.1) is 5.56 Å². The highest BCUT2D eigenvalue weighted by Gasteiger charge is 2.33. The number of halogens is 3.